The summed E-state index contributed by atoms with van der Waals surface area (Å²) in [4.78, 5) is 6.50. The van der Waals surface area contributed by atoms with Crippen LogP contribution in [-0.2, 0) is 16.4 Å². The van der Waals surface area contributed by atoms with E-state index in [0.29, 0.717) is 12.8 Å². The van der Waals surface area contributed by atoms with Gasteiger partial charge in [0.15, 0.2) is 5.82 Å². The highest BCUT2D eigenvalue weighted by atomic mass is 35.5. The van der Waals surface area contributed by atoms with Crippen molar-refractivity contribution >= 4 is 21.6 Å². The molecule has 0 radical (unpaired) electrons. The van der Waals surface area contributed by atoms with E-state index in [2.05, 4.69) is 14.7 Å². The molecule has 8 heteroatoms. The van der Waals surface area contributed by atoms with Crippen molar-refractivity contribution in [1.29, 1.82) is 0 Å². The average molecular weight is 318 g/mol. The van der Waals surface area contributed by atoms with Crippen LogP contribution in [0, 0.1) is 5.82 Å². The molecule has 20 heavy (non-hydrogen) atoms. The third-order valence-electron chi connectivity index (χ3n) is 2.64. The minimum Gasteiger partial charge on any atom is -0.349 e. The quantitative estimate of drug-likeness (QED) is 0.801. The molecule has 0 saturated carbocycles. The van der Waals surface area contributed by atoms with E-state index in [-0.39, 0.29) is 11.6 Å². The van der Waals surface area contributed by atoms with Gasteiger partial charge in [0.25, 0.3) is 0 Å². The molecule has 1 aromatic heterocycles. The number of nitrogens with one attached hydrogen (secondary N) is 2. The monoisotopic (exact) mass is 317 g/mol. The molecule has 2 aromatic rings. The molecule has 1 heterocycles. The largest absolute Gasteiger partial charge is 0.349 e. The number of hydrogen-bond acceptors (Lipinski definition) is 3. The molecule has 0 atom stereocenters. The first-order chi connectivity index (χ1) is 9.50. The standard InChI is InChI=1S/C12H13ClFN3O2S/c13-9-3-1-4-10(12(9)14)20(18,19)17-6-2-5-11-15-7-8-16-11/h1,3-4,7-8,17H,2,5-6H2,(H,15,16). The van der Waals surface area contributed by atoms with Crippen LogP contribution in [0.2, 0.25) is 5.02 Å². The zero-order chi connectivity index (χ0) is 14.6. The number of hydrogen-bond donors (Lipinski definition) is 2. The van der Waals surface area contributed by atoms with Gasteiger partial charge in [0.1, 0.15) is 10.7 Å². The number of aromatic amines is 1. The zero-order valence-electron chi connectivity index (χ0n) is 10.4. The van der Waals surface area contributed by atoms with E-state index >= 15 is 0 Å². The molecule has 0 bridgehead atoms. The number of sulfonamides is 1. The lowest BCUT2D eigenvalue weighted by Gasteiger charge is -2.07. The Morgan fingerprint density at radius 1 is 1.40 bits per heavy atom. The summed E-state index contributed by atoms with van der Waals surface area (Å²) in [5, 5.41) is -0.219. The van der Waals surface area contributed by atoms with Gasteiger partial charge in [0, 0.05) is 25.4 Å². The van der Waals surface area contributed by atoms with Crippen LogP contribution in [-0.4, -0.2) is 24.9 Å². The Balaban J connectivity index is 1.95. The van der Waals surface area contributed by atoms with Crippen molar-refractivity contribution in [3.05, 3.63) is 47.3 Å². The summed E-state index contributed by atoms with van der Waals surface area (Å²) in [6.07, 6.45) is 4.48. The summed E-state index contributed by atoms with van der Waals surface area (Å²) in [5.74, 6) is -0.161. The van der Waals surface area contributed by atoms with Crippen LogP contribution in [0.3, 0.4) is 0 Å². The van der Waals surface area contributed by atoms with Gasteiger partial charge >= 0.3 is 0 Å². The second kappa shape index (κ2) is 6.34. The van der Waals surface area contributed by atoms with E-state index in [4.69, 9.17) is 11.6 Å². The van der Waals surface area contributed by atoms with E-state index in [1.807, 2.05) is 0 Å². The normalized spacial score (nSPS) is 11.7. The molecule has 0 fully saturated rings. The first-order valence-corrected chi connectivity index (χ1v) is 7.79. The molecule has 0 saturated heterocycles. The molecule has 1 aromatic carbocycles. The molecule has 2 rings (SSSR count). The highest BCUT2D eigenvalue weighted by Crippen LogP contribution is 2.21. The summed E-state index contributed by atoms with van der Waals surface area (Å²) < 4.78 is 39.9. The molecule has 0 aliphatic carbocycles. The SMILES string of the molecule is O=S(=O)(NCCCc1ncc[nH]1)c1cccc(Cl)c1F. The van der Waals surface area contributed by atoms with Crippen LogP contribution in [0.15, 0.2) is 35.5 Å². The van der Waals surface area contributed by atoms with E-state index in [1.165, 1.54) is 18.2 Å². The number of imidazole rings is 1. The highest BCUT2D eigenvalue weighted by Gasteiger charge is 2.19. The molecule has 0 unspecified atom stereocenters. The predicted octanol–water partition coefficient (Wildman–Crippen LogP) is 2.11. The van der Waals surface area contributed by atoms with Crippen molar-refractivity contribution in [2.75, 3.05) is 6.54 Å². The first-order valence-electron chi connectivity index (χ1n) is 5.92. The van der Waals surface area contributed by atoms with Gasteiger partial charge < -0.3 is 4.98 Å². The van der Waals surface area contributed by atoms with E-state index in [0.717, 1.165) is 5.82 Å². The van der Waals surface area contributed by atoms with E-state index in [1.54, 1.807) is 12.4 Å². The summed E-state index contributed by atoms with van der Waals surface area (Å²) in [5.41, 5.74) is 0. The van der Waals surface area contributed by atoms with Crippen LogP contribution in [0.25, 0.3) is 0 Å². The molecule has 5 nitrogen and oxygen atoms in total. The Labute approximate surface area is 121 Å². The molecular formula is C12H13ClFN3O2S. The Kier molecular flexibility index (Phi) is 4.74. The molecule has 0 aliphatic heterocycles. The number of benzene rings is 1. The van der Waals surface area contributed by atoms with Crippen molar-refractivity contribution in [1.82, 2.24) is 14.7 Å². The third kappa shape index (κ3) is 3.56. The topological polar surface area (TPSA) is 74.8 Å². The van der Waals surface area contributed by atoms with Crippen molar-refractivity contribution in [3.8, 4) is 0 Å². The Hall–Kier alpha value is -1.44. The minimum atomic E-state index is -3.89. The van der Waals surface area contributed by atoms with Gasteiger partial charge in [-0.2, -0.15) is 0 Å². The number of halogens is 2. The number of nitrogens with zero attached hydrogens (tertiary/aromatic N) is 1. The van der Waals surface area contributed by atoms with Crippen molar-refractivity contribution < 1.29 is 12.8 Å². The fraction of sp³-hybridized carbons (Fsp3) is 0.250. The maximum atomic E-state index is 13.7. The Morgan fingerprint density at radius 2 is 2.20 bits per heavy atom. The molecular weight excluding hydrogens is 305 g/mol. The summed E-state index contributed by atoms with van der Waals surface area (Å²) in [7, 11) is -3.89. The fourth-order valence-electron chi connectivity index (χ4n) is 1.67. The summed E-state index contributed by atoms with van der Waals surface area (Å²) in [6.45, 7) is 0.189. The Bertz CT molecular complexity index is 674. The fourth-order valence-corrected chi connectivity index (χ4v) is 3.07. The van der Waals surface area contributed by atoms with Crippen LogP contribution >= 0.6 is 11.6 Å². The van der Waals surface area contributed by atoms with Crippen molar-refractivity contribution in [2.45, 2.75) is 17.7 Å². The predicted molar refractivity (Wildman–Crippen MR) is 73.5 cm³/mol. The van der Waals surface area contributed by atoms with Gasteiger partial charge in [-0.05, 0) is 18.6 Å². The van der Waals surface area contributed by atoms with Crippen molar-refractivity contribution in [3.63, 3.8) is 0 Å². The van der Waals surface area contributed by atoms with Gasteiger partial charge in [-0.1, -0.05) is 17.7 Å². The minimum absolute atomic E-state index is 0.189. The van der Waals surface area contributed by atoms with Gasteiger partial charge in [0.05, 0.1) is 5.02 Å². The van der Waals surface area contributed by atoms with Crippen LogP contribution in [0.5, 0.6) is 0 Å². The lowest BCUT2D eigenvalue weighted by Crippen LogP contribution is -2.26. The van der Waals surface area contributed by atoms with Gasteiger partial charge in [-0.15, -0.1) is 0 Å². The Morgan fingerprint density at radius 3 is 2.90 bits per heavy atom. The highest BCUT2D eigenvalue weighted by molar-refractivity contribution is 7.89. The second-order valence-corrected chi connectivity index (χ2v) is 6.23. The molecule has 0 aliphatic rings. The van der Waals surface area contributed by atoms with Gasteiger partial charge in [0.2, 0.25) is 10.0 Å². The van der Waals surface area contributed by atoms with Gasteiger partial charge in [-0.3, -0.25) is 0 Å². The van der Waals surface area contributed by atoms with Crippen molar-refractivity contribution in [2.24, 2.45) is 0 Å². The maximum Gasteiger partial charge on any atom is 0.243 e. The van der Waals surface area contributed by atoms with E-state index < -0.39 is 20.7 Å². The molecule has 0 amide bonds. The molecule has 2 N–H and O–H groups in total. The number of aryl methyl sites for hydroxylation is 1. The van der Waals surface area contributed by atoms with Crippen LogP contribution < -0.4 is 4.72 Å². The number of aromatic nitrogens is 2. The zero-order valence-corrected chi connectivity index (χ0v) is 12.0. The average Bonchev–Trinajstić information content (AvgIpc) is 2.91. The first kappa shape index (κ1) is 15.0. The summed E-state index contributed by atoms with van der Waals surface area (Å²) in [6, 6.07) is 3.87. The molecule has 108 valence electrons. The lowest BCUT2D eigenvalue weighted by atomic mass is 10.3. The third-order valence-corrected chi connectivity index (χ3v) is 4.41. The summed E-state index contributed by atoms with van der Waals surface area (Å²) >= 11 is 5.57. The molecule has 0 spiro atoms. The second-order valence-electron chi connectivity index (χ2n) is 4.09. The lowest BCUT2D eigenvalue weighted by molar-refractivity contribution is 0.555. The smallest absolute Gasteiger partial charge is 0.243 e. The van der Waals surface area contributed by atoms with Crippen LogP contribution in [0.1, 0.15) is 12.2 Å². The number of H-pyrrole nitrogens is 1. The van der Waals surface area contributed by atoms with Gasteiger partial charge in [-0.25, -0.2) is 22.5 Å². The maximum absolute atomic E-state index is 13.7. The number of rotatable bonds is 6. The van der Waals surface area contributed by atoms with Crippen LogP contribution in [0.4, 0.5) is 4.39 Å². The van der Waals surface area contributed by atoms with E-state index in [9.17, 15) is 12.8 Å².